The Morgan fingerprint density at radius 1 is 1.47 bits per heavy atom. The number of amides is 1. The number of ether oxygens (including phenoxy) is 1. The third-order valence-electron chi connectivity index (χ3n) is 2.06. The first-order valence-corrected chi connectivity index (χ1v) is 4.80. The molecule has 0 aromatic heterocycles. The Morgan fingerprint density at radius 2 is 2.13 bits per heavy atom. The van der Waals surface area contributed by atoms with Crippen molar-refractivity contribution in [2.24, 2.45) is 0 Å². The molecule has 1 amide bonds. The Labute approximate surface area is 89.1 Å². The molecule has 4 nitrogen and oxygen atoms in total. The summed E-state index contributed by atoms with van der Waals surface area (Å²) < 4.78 is 4.86. The zero-order chi connectivity index (χ0) is 11.3. The van der Waals surface area contributed by atoms with E-state index in [1.807, 2.05) is 12.1 Å². The van der Waals surface area contributed by atoms with Crippen molar-refractivity contribution in [2.75, 3.05) is 18.6 Å². The van der Waals surface area contributed by atoms with Crippen LogP contribution in [0.25, 0.3) is 0 Å². The van der Waals surface area contributed by atoms with Gasteiger partial charge in [-0.05, 0) is 13.0 Å². The Bertz CT molecular complexity index is 338. The van der Waals surface area contributed by atoms with Crippen LogP contribution >= 0.6 is 0 Å². The molecule has 0 aliphatic rings. The van der Waals surface area contributed by atoms with Gasteiger partial charge in [0.2, 0.25) is 0 Å². The first-order valence-electron chi connectivity index (χ1n) is 4.80. The van der Waals surface area contributed by atoms with E-state index in [1.165, 1.54) is 4.90 Å². The van der Waals surface area contributed by atoms with Crippen LogP contribution in [0, 0.1) is 0 Å². The van der Waals surface area contributed by atoms with Gasteiger partial charge in [0.15, 0.2) is 0 Å². The molecule has 1 aromatic rings. The highest BCUT2D eigenvalue weighted by molar-refractivity contribution is 5.87. The largest absolute Gasteiger partial charge is 0.449 e. The lowest BCUT2D eigenvalue weighted by atomic mass is 10.2. The maximum Gasteiger partial charge on any atom is 0.414 e. The van der Waals surface area contributed by atoms with Crippen molar-refractivity contribution in [1.29, 1.82) is 0 Å². The molecule has 0 saturated heterocycles. The monoisotopic (exact) mass is 209 g/mol. The summed E-state index contributed by atoms with van der Waals surface area (Å²) in [4.78, 5) is 12.8. The van der Waals surface area contributed by atoms with Crippen LogP contribution in [0.4, 0.5) is 10.5 Å². The lowest BCUT2D eigenvalue weighted by Crippen LogP contribution is -2.27. The molecule has 1 rings (SSSR count). The van der Waals surface area contributed by atoms with Crippen LogP contribution < -0.4 is 4.90 Å². The highest BCUT2D eigenvalue weighted by atomic mass is 16.6. The molecule has 0 bridgehead atoms. The van der Waals surface area contributed by atoms with E-state index in [2.05, 4.69) is 0 Å². The van der Waals surface area contributed by atoms with Gasteiger partial charge in [0.05, 0.1) is 18.9 Å². The highest BCUT2D eigenvalue weighted by Gasteiger charge is 2.13. The number of aliphatic hydroxyl groups excluding tert-OH is 1. The summed E-state index contributed by atoms with van der Waals surface area (Å²) in [5.41, 5.74) is 1.37. The summed E-state index contributed by atoms with van der Waals surface area (Å²) in [5, 5.41) is 9.10. The molecule has 0 unspecified atom stereocenters. The van der Waals surface area contributed by atoms with Crippen LogP contribution in [0.2, 0.25) is 0 Å². The standard InChI is InChI=1S/C11H15NO3/c1-3-15-11(14)12(2)10-7-5-4-6-9(10)8-13/h4-7,13H,3,8H2,1-2H3. The van der Waals surface area contributed by atoms with E-state index in [0.29, 0.717) is 17.9 Å². The third-order valence-corrected chi connectivity index (χ3v) is 2.06. The van der Waals surface area contributed by atoms with Gasteiger partial charge in [0.25, 0.3) is 0 Å². The fourth-order valence-electron chi connectivity index (χ4n) is 1.29. The zero-order valence-electron chi connectivity index (χ0n) is 8.93. The summed E-state index contributed by atoms with van der Waals surface area (Å²) in [6, 6.07) is 7.16. The molecular formula is C11H15NO3. The SMILES string of the molecule is CCOC(=O)N(C)c1ccccc1CO. The average molecular weight is 209 g/mol. The number of para-hydroxylation sites is 1. The number of hydrogen-bond donors (Lipinski definition) is 1. The van der Waals surface area contributed by atoms with Crippen LogP contribution in [-0.4, -0.2) is 24.9 Å². The van der Waals surface area contributed by atoms with Gasteiger partial charge in [0.1, 0.15) is 0 Å². The van der Waals surface area contributed by atoms with Gasteiger partial charge in [-0.15, -0.1) is 0 Å². The fraction of sp³-hybridized carbons (Fsp3) is 0.364. The highest BCUT2D eigenvalue weighted by Crippen LogP contribution is 2.19. The van der Waals surface area contributed by atoms with Crippen LogP contribution in [0.15, 0.2) is 24.3 Å². The van der Waals surface area contributed by atoms with Crippen LogP contribution in [0.3, 0.4) is 0 Å². The lowest BCUT2D eigenvalue weighted by Gasteiger charge is -2.18. The molecular weight excluding hydrogens is 194 g/mol. The first kappa shape index (κ1) is 11.5. The van der Waals surface area contributed by atoms with Gasteiger partial charge >= 0.3 is 6.09 Å². The molecule has 4 heteroatoms. The first-order chi connectivity index (χ1) is 7.20. The van der Waals surface area contributed by atoms with E-state index >= 15 is 0 Å². The predicted octanol–water partition coefficient (Wildman–Crippen LogP) is 1.77. The van der Waals surface area contributed by atoms with E-state index in [0.717, 1.165) is 0 Å². The average Bonchev–Trinajstić information content (AvgIpc) is 2.28. The molecule has 0 aliphatic carbocycles. The molecule has 15 heavy (non-hydrogen) atoms. The van der Waals surface area contributed by atoms with Crippen molar-refractivity contribution >= 4 is 11.8 Å². The Balaban J connectivity index is 2.89. The minimum Gasteiger partial charge on any atom is -0.449 e. The third kappa shape index (κ3) is 2.70. The Hall–Kier alpha value is -1.55. The molecule has 0 heterocycles. The van der Waals surface area contributed by atoms with E-state index in [1.54, 1.807) is 26.1 Å². The van der Waals surface area contributed by atoms with Gasteiger partial charge in [-0.25, -0.2) is 4.79 Å². The summed E-state index contributed by atoms with van der Waals surface area (Å²) in [6.07, 6.45) is -0.418. The van der Waals surface area contributed by atoms with E-state index in [4.69, 9.17) is 9.84 Å². The quantitative estimate of drug-likeness (QED) is 0.825. The van der Waals surface area contributed by atoms with Crippen molar-refractivity contribution in [3.05, 3.63) is 29.8 Å². The molecule has 0 aliphatic heterocycles. The van der Waals surface area contributed by atoms with Crippen molar-refractivity contribution in [3.8, 4) is 0 Å². The zero-order valence-corrected chi connectivity index (χ0v) is 8.93. The van der Waals surface area contributed by atoms with Crippen molar-refractivity contribution in [1.82, 2.24) is 0 Å². The topological polar surface area (TPSA) is 49.8 Å². The molecule has 1 N–H and O–H groups in total. The minimum atomic E-state index is -0.418. The smallest absolute Gasteiger partial charge is 0.414 e. The number of carbonyl (C=O) groups excluding carboxylic acids is 1. The number of carbonyl (C=O) groups is 1. The fourth-order valence-corrected chi connectivity index (χ4v) is 1.29. The van der Waals surface area contributed by atoms with Crippen LogP contribution in [-0.2, 0) is 11.3 Å². The van der Waals surface area contributed by atoms with Crippen molar-refractivity contribution < 1.29 is 14.6 Å². The van der Waals surface area contributed by atoms with Gasteiger partial charge in [0, 0.05) is 12.6 Å². The van der Waals surface area contributed by atoms with E-state index in [-0.39, 0.29) is 6.61 Å². The molecule has 1 aromatic carbocycles. The van der Waals surface area contributed by atoms with Crippen LogP contribution in [0.5, 0.6) is 0 Å². The maximum absolute atomic E-state index is 11.4. The minimum absolute atomic E-state index is 0.0973. The number of anilines is 1. The summed E-state index contributed by atoms with van der Waals surface area (Å²) >= 11 is 0. The maximum atomic E-state index is 11.4. The number of aliphatic hydroxyl groups is 1. The molecule has 0 radical (unpaired) electrons. The number of nitrogens with zero attached hydrogens (tertiary/aromatic N) is 1. The second kappa shape index (κ2) is 5.36. The van der Waals surface area contributed by atoms with E-state index in [9.17, 15) is 4.79 Å². The molecule has 82 valence electrons. The second-order valence-corrected chi connectivity index (χ2v) is 3.04. The lowest BCUT2D eigenvalue weighted by molar-refractivity contribution is 0.161. The van der Waals surface area contributed by atoms with Crippen LogP contribution in [0.1, 0.15) is 12.5 Å². The number of rotatable bonds is 3. The van der Waals surface area contributed by atoms with Gasteiger partial charge < -0.3 is 9.84 Å². The normalized spacial score (nSPS) is 9.80. The molecule has 0 spiro atoms. The molecule has 0 fully saturated rings. The predicted molar refractivity (Wildman–Crippen MR) is 57.8 cm³/mol. The molecule has 0 atom stereocenters. The second-order valence-electron chi connectivity index (χ2n) is 3.04. The van der Waals surface area contributed by atoms with E-state index < -0.39 is 6.09 Å². The number of benzene rings is 1. The van der Waals surface area contributed by atoms with Crippen molar-refractivity contribution in [3.63, 3.8) is 0 Å². The molecule has 0 saturated carbocycles. The van der Waals surface area contributed by atoms with Gasteiger partial charge in [-0.3, -0.25) is 4.90 Å². The summed E-state index contributed by atoms with van der Waals surface area (Å²) in [5.74, 6) is 0. The van der Waals surface area contributed by atoms with Gasteiger partial charge in [-0.1, -0.05) is 18.2 Å². The summed E-state index contributed by atoms with van der Waals surface area (Å²) in [6.45, 7) is 1.99. The summed E-state index contributed by atoms with van der Waals surface area (Å²) in [7, 11) is 1.62. The van der Waals surface area contributed by atoms with Gasteiger partial charge in [-0.2, -0.15) is 0 Å². The Kier molecular flexibility index (Phi) is 4.12. The number of hydrogen-bond acceptors (Lipinski definition) is 3. The Morgan fingerprint density at radius 3 is 2.73 bits per heavy atom. The van der Waals surface area contributed by atoms with Crippen molar-refractivity contribution in [2.45, 2.75) is 13.5 Å².